The first kappa shape index (κ1) is 12.8. The van der Waals surface area contributed by atoms with Crippen molar-refractivity contribution >= 4 is 0 Å². The van der Waals surface area contributed by atoms with Gasteiger partial charge < -0.3 is 4.90 Å². The average molecular weight is 209 g/mol. The van der Waals surface area contributed by atoms with E-state index in [9.17, 15) is 0 Å². The quantitative estimate of drug-likeness (QED) is 0.622. The molecule has 1 rings (SSSR count). The summed E-state index contributed by atoms with van der Waals surface area (Å²) in [7, 11) is 0. The third-order valence-electron chi connectivity index (χ3n) is 4.06. The number of hydrogen-bond acceptors (Lipinski definition) is 1. The molecule has 0 unspecified atom stereocenters. The minimum absolute atomic E-state index is 0.821. The fourth-order valence-electron chi connectivity index (χ4n) is 2.88. The second-order valence-electron chi connectivity index (χ2n) is 4.74. The molecule has 1 fully saturated rings. The van der Waals surface area contributed by atoms with Gasteiger partial charge in [0, 0.05) is 6.04 Å². The average Bonchev–Trinajstić information content (AvgIpc) is 2.30. The smallest absolute Gasteiger partial charge is 0.00954 e. The van der Waals surface area contributed by atoms with Gasteiger partial charge in [0.25, 0.3) is 0 Å². The van der Waals surface area contributed by atoms with E-state index in [4.69, 9.17) is 0 Å². The Kier molecular flexibility index (Phi) is 5.38. The molecular weight excluding hydrogens is 182 g/mol. The van der Waals surface area contributed by atoms with Gasteiger partial charge in [-0.05, 0) is 51.1 Å². The Morgan fingerprint density at radius 2 is 1.60 bits per heavy atom. The van der Waals surface area contributed by atoms with Gasteiger partial charge >= 0.3 is 0 Å². The van der Waals surface area contributed by atoms with Crippen molar-refractivity contribution in [3.8, 4) is 0 Å². The van der Waals surface area contributed by atoms with E-state index < -0.39 is 0 Å². The highest BCUT2D eigenvalue weighted by Crippen LogP contribution is 2.32. The van der Waals surface area contributed by atoms with Crippen molar-refractivity contribution in [2.45, 2.75) is 58.9 Å². The Bertz CT molecular complexity index is 186. The van der Waals surface area contributed by atoms with Crippen LogP contribution in [-0.2, 0) is 0 Å². The molecule has 0 amide bonds. The highest BCUT2D eigenvalue weighted by atomic mass is 15.1. The van der Waals surface area contributed by atoms with E-state index in [1.807, 2.05) is 0 Å². The molecule has 0 atom stereocenters. The first-order valence-corrected chi connectivity index (χ1v) is 6.64. The zero-order chi connectivity index (χ0) is 11.3. The van der Waals surface area contributed by atoms with Gasteiger partial charge in [-0.1, -0.05) is 32.9 Å². The maximum Gasteiger partial charge on any atom is 0.00954 e. The molecule has 0 heterocycles. The molecule has 0 N–H and O–H groups in total. The zero-order valence-electron chi connectivity index (χ0n) is 10.8. The van der Waals surface area contributed by atoms with Gasteiger partial charge in [0.15, 0.2) is 0 Å². The Morgan fingerprint density at radius 1 is 1.07 bits per heavy atom. The standard InChI is InChI=1S/C14H27N/c1-5-12(4)13-8-10-14(11-9-13)15(6-2)7-3/h13-14H,4-11H2,1-3H3. The Hall–Kier alpha value is -0.300. The monoisotopic (exact) mass is 209 g/mol. The molecule has 1 aliphatic rings. The van der Waals surface area contributed by atoms with E-state index >= 15 is 0 Å². The van der Waals surface area contributed by atoms with Crippen molar-refractivity contribution in [1.82, 2.24) is 4.90 Å². The number of hydrogen-bond donors (Lipinski definition) is 0. The van der Waals surface area contributed by atoms with Gasteiger partial charge in [-0.3, -0.25) is 0 Å². The maximum absolute atomic E-state index is 4.19. The Labute approximate surface area is 95.5 Å². The topological polar surface area (TPSA) is 3.24 Å². The fourth-order valence-corrected chi connectivity index (χ4v) is 2.88. The summed E-state index contributed by atoms with van der Waals surface area (Å²) in [6.45, 7) is 13.4. The molecule has 0 saturated heterocycles. The van der Waals surface area contributed by atoms with Gasteiger partial charge in [0.05, 0.1) is 0 Å². The molecule has 0 aliphatic heterocycles. The van der Waals surface area contributed by atoms with Crippen LogP contribution in [0.15, 0.2) is 12.2 Å². The molecule has 0 radical (unpaired) electrons. The lowest BCUT2D eigenvalue weighted by Crippen LogP contribution is -2.37. The Balaban J connectivity index is 2.38. The van der Waals surface area contributed by atoms with Crippen molar-refractivity contribution in [1.29, 1.82) is 0 Å². The van der Waals surface area contributed by atoms with Crippen LogP contribution in [0.2, 0.25) is 0 Å². The molecule has 88 valence electrons. The minimum atomic E-state index is 0.821. The molecule has 1 aliphatic carbocycles. The molecule has 1 nitrogen and oxygen atoms in total. The van der Waals surface area contributed by atoms with Crippen LogP contribution in [0, 0.1) is 5.92 Å². The summed E-state index contributed by atoms with van der Waals surface area (Å²) in [6.07, 6.45) is 6.67. The van der Waals surface area contributed by atoms with Crippen molar-refractivity contribution in [3.05, 3.63) is 12.2 Å². The lowest BCUT2D eigenvalue weighted by atomic mass is 9.80. The minimum Gasteiger partial charge on any atom is -0.301 e. The third kappa shape index (κ3) is 3.34. The SMILES string of the molecule is C=C(CC)C1CCC(N(CC)CC)CC1. The van der Waals surface area contributed by atoms with Crippen LogP contribution in [0.1, 0.15) is 52.9 Å². The number of rotatable bonds is 5. The number of nitrogens with zero attached hydrogens (tertiary/aromatic N) is 1. The molecule has 0 aromatic carbocycles. The molecule has 0 spiro atoms. The summed E-state index contributed by atoms with van der Waals surface area (Å²) in [5.74, 6) is 0.821. The van der Waals surface area contributed by atoms with Crippen molar-refractivity contribution in [2.75, 3.05) is 13.1 Å². The first-order valence-electron chi connectivity index (χ1n) is 6.64. The molecule has 1 saturated carbocycles. The number of allylic oxidation sites excluding steroid dienone is 1. The van der Waals surface area contributed by atoms with Gasteiger partial charge in [-0.25, -0.2) is 0 Å². The van der Waals surface area contributed by atoms with Crippen LogP contribution in [0.25, 0.3) is 0 Å². The van der Waals surface area contributed by atoms with Gasteiger partial charge in [-0.2, -0.15) is 0 Å². The van der Waals surface area contributed by atoms with Crippen LogP contribution in [0.5, 0.6) is 0 Å². The maximum atomic E-state index is 4.19. The summed E-state index contributed by atoms with van der Waals surface area (Å²) in [5.41, 5.74) is 1.48. The van der Waals surface area contributed by atoms with E-state index in [2.05, 4.69) is 32.3 Å². The van der Waals surface area contributed by atoms with E-state index in [0.717, 1.165) is 12.0 Å². The highest BCUT2D eigenvalue weighted by Gasteiger charge is 2.24. The molecule has 0 bridgehead atoms. The second-order valence-corrected chi connectivity index (χ2v) is 4.74. The van der Waals surface area contributed by atoms with Crippen LogP contribution in [0.4, 0.5) is 0 Å². The summed E-state index contributed by atoms with van der Waals surface area (Å²) in [5, 5.41) is 0. The summed E-state index contributed by atoms with van der Waals surface area (Å²) in [4.78, 5) is 2.62. The van der Waals surface area contributed by atoms with Gasteiger partial charge in [0.2, 0.25) is 0 Å². The molecule has 0 aromatic heterocycles. The van der Waals surface area contributed by atoms with Crippen LogP contribution < -0.4 is 0 Å². The molecule has 1 heteroatoms. The van der Waals surface area contributed by atoms with Crippen molar-refractivity contribution in [2.24, 2.45) is 5.92 Å². The normalized spacial score (nSPS) is 26.9. The van der Waals surface area contributed by atoms with Crippen LogP contribution in [0.3, 0.4) is 0 Å². The van der Waals surface area contributed by atoms with Crippen LogP contribution in [-0.4, -0.2) is 24.0 Å². The molecule has 0 aromatic rings. The fraction of sp³-hybridized carbons (Fsp3) is 0.857. The first-order chi connectivity index (χ1) is 7.22. The van der Waals surface area contributed by atoms with Gasteiger partial charge in [0.1, 0.15) is 0 Å². The van der Waals surface area contributed by atoms with Crippen molar-refractivity contribution in [3.63, 3.8) is 0 Å². The molecule has 15 heavy (non-hydrogen) atoms. The summed E-state index contributed by atoms with van der Waals surface area (Å²) in [6, 6.07) is 0.848. The van der Waals surface area contributed by atoms with Crippen LogP contribution >= 0.6 is 0 Å². The van der Waals surface area contributed by atoms with Crippen molar-refractivity contribution < 1.29 is 0 Å². The largest absolute Gasteiger partial charge is 0.301 e. The van der Waals surface area contributed by atoms with E-state index in [1.165, 1.54) is 50.8 Å². The third-order valence-corrected chi connectivity index (χ3v) is 4.06. The highest BCUT2D eigenvalue weighted by molar-refractivity contribution is 5.01. The van der Waals surface area contributed by atoms with E-state index in [-0.39, 0.29) is 0 Å². The zero-order valence-corrected chi connectivity index (χ0v) is 10.8. The summed E-state index contributed by atoms with van der Waals surface area (Å²) >= 11 is 0. The predicted molar refractivity (Wildman–Crippen MR) is 68.1 cm³/mol. The lowest BCUT2D eigenvalue weighted by Gasteiger charge is -2.36. The van der Waals surface area contributed by atoms with Gasteiger partial charge in [-0.15, -0.1) is 0 Å². The van der Waals surface area contributed by atoms with E-state index in [0.29, 0.717) is 0 Å². The molecular formula is C14H27N. The Morgan fingerprint density at radius 3 is 2.00 bits per heavy atom. The lowest BCUT2D eigenvalue weighted by molar-refractivity contribution is 0.156. The summed E-state index contributed by atoms with van der Waals surface area (Å²) < 4.78 is 0. The van der Waals surface area contributed by atoms with E-state index in [1.54, 1.807) is 0 Å². The predicted octanol–water partition coefficient (Wildman–Crippen LogP) is 3.85. The second kappa shape index (κ2) is 6.32.